The lowest BCUT2D eigenvalue weighted by Crippen LogP contribution is -2.15. The second kappa shape index (κ2) is 8.25. The van der Waals surface area contributed by atoms with Crippen LogP contribution in [-0.4, -0.2) is 23.5 Å². The monoisotopic (exact) mass is 358 g/mol. The van der Waals surface area contributed by atoms with Gasteiger partial charge < -0.3 is 10.1 Å². The van der Waals surface area contributed by atoms with E-state index in [2.05, 4.69) is 22.4 Å². The Labute approximate surface area is 151 Å². The van der Waals surface area contributed by atoms with Crippen LogP contribution in [0.25, 0.3) is 0 Å². The molecule has 25 heavy (non-hydrogen) atoms. The van der Waals surface area contributed by atoms with Crippen LogP contribution >= 0.6 is 11.3 Å². The number of ether oxygens (including phenoxy) is 1. The van der Waals surface area contributed by atoms with E-state index in [9.17, 15) is 9.59 Å². The number of aromatic nitrogens is 1. The standard InChI is InChI=1S/C19H22N2O3S/c1-2-24-18(23)11-16-12-25-19(20-16)21-17(22)10-13-7-8-14-5-3-4-6-15(14)9-13/h7-9,12H,2-6,10-11H2,1H3,(H,20,21,22). The molecule has 1 heterocycles. The lowest BCUT2D eigenvalue weighted by molar-refractivity contribution is -0.142. The zero-order valence-electron chi connectivity index (χ0n) is 14.3. The highest BCUT2D eigenvalue weighted by Gasteiger charge is 2.13. The fraction of sp³-hybridized carbons (Fsp3) is 0.421. The maximum atomic E-state index is 12.2. The van der Waals surface area contributed by atoms with E-state index < -0.39 is 0 Å². The third-order valence-corrected chi connectivity index (χ3v) is 5.01. The summed E-state index contributed by atoms with van der Waals surface area (Å²) < 4.78 is 4.90. The number of benzene rings is 1. The van der Waals surface area contributed by atoms with Crippen molar-refractivity contribution in [3.05, 3.63) is 46.0 Å². The molecule has 0 saturated carbocycles. The van der Waals surface area contributed by atoms with E-state index in [0.717, 1.165) is 18.4 Å². The van der Waals surface area contributed by atoms with Crippen molar-refractivity contribution < 1.29 is 14.3 Å². The van der Waals surface area contributed by atoms with Crippen molar-refractivity contribution in [2.45, 2.75) is 45.4 Å². The number of hydrogen-bond acceptors (Lipinski definition) is 5. The second-order valence-electron chi connectivity index (χ2n) is 6.16. The van der Waals surface area contributed by atoms with Crippen LogP contribution in [0.4, 0.5) is 5.13 Å². The number of nitrogens with zero attached hydrogens (tertiary/aromatic N) is 1. The third kappa shape index (κ3) is 4.89. The first-order chi connectivity index (χ1) is 12.1. The summed E-state index contributed by atoms with van der Waals surface area (Å²) in [6.45, 7) is 2.12. The molecule has 0 atom stereocenters. The molecule has 132 valence electrons. The average molecular weight is 358 g/mol. The molecule has 2 aromatic rings. The van der Waals surface area contributed by atoms with E-state index in [1.807, 2.05) is 6.07 Å². The molecule has 1 aliphatic rings. The van der Waals surface area contributed by atoms with Gasteiger partial charge in [0, 0.05) is 5.38 Å². The molecule has 1 aromatic carbocycles. The highest BCUT2D eigenvalue weighted by molar-refractivity contribution is 7.13. The fourth-order valence-corrected chi connectivity index (χ4v) is 3.78. The number of carbonyl (C=O) groups excluding carboxylic acids is 2. The number of amides is 1. The number of hydrogen-bond donors (Lipinski definition) is 1. The molecule has 0 unspecified atom stereocenters. The largest absolute Gasteiger partial charge is 0.466 e. The van der Waals surface area contributed by atoms with Crippen LogP contribution in [0, 0.1) is 0 Å². The summed E-state index contributed by atoms with van der Waals surface area (Å²) in [5, 5.41) is 5.10. The minimum absolute atomic E-state index is 0.0900. The van der Waals surface area contributed by atoms with E-state index in [-0.39, 0.29) is 18.3 Å². The van der Waals surface area contributed by atoms with Crippen LogP contribution in [0.2, 0.25) is 0 Å². The van der Waals surface area contributed by atoms with Crippen molar-refractivity contribution in [2.24, 2.45) is 0 Å². The zero-order valence-corrected chi connectivity index (χ0v) is 15.2. The Morgan fingerprint density at radius 2 is 2.00 bits per heavy atom. The van der Waals surface area contributed by atoms with Crippen molar-refractivity contribution >= 4 is 28.3 Å². The normalized spacial score (nSPS) is 13.2. The Kier molecular flexibility index (Phi) is 5.81. The number of thiazole rings is 1. The zero-order chi connectivity index (χ0) is 17.6. The number of nitrogens with one attached hydrogen (secondary N) is 1. The number of aryl methyl sites for hydroxylation is 2. The summed E-state index contributed by atoms with van der Waals surface area (Å²) in [6.07, 6.45) is 5.19. The van der Waals surface area contributed by atoms with E-state index in [4.69, 9.17) is 4.74 Å². The van der Waals surface area contributed by atoms with Crippen molar-refractivity contribution in [3.8, 4) is 0 Å². The van der Waals surface area contributed by atoms with Crippen molar-refractivity contribution in [1.82, 2.24) is 4.98 Å². The molecule has 3 rings (SSSR count). The fourth-order valence-electron chi connectivity index (χ4n) is 3.05. The molecule has 0 spiro atoms. The van der Waals surface area contributed by atoms with E-state index in [1.54, 1.807) is 12.3 Å². The summed E-state index contributed by atoms with van der Waals surface area (Å²) in [5.74, 6) is -0.396. The van der Waals surface area contributed by atoms with Gasteiger partial charge in [-0.3, -0.25) is 9.59 Å². The second-order valence-corrected chi connectivity index (χ2v) is 7.02. The van der Waals surface area contributed by atoms with Crippen LogP contribution in [0.5, 0.6) is 0 Å². The van der Waals surface area contributed by atoms with Gasteiger partial charge in [0.25, 0.3) is 0 Å². The smallest absolute Gasteiger partial charge is 0.311 e. The maximum absolute atomic E-state index is 12.2. The highest BCUT2D eigenvalue weighted by Crippen LogP contribution is 2.23. The van der Waals surface area contributed by atoms with Gasteiger partial charge in [-0.05, 0) is 49.3 Å². The van der Waals surface area contributed by atoms with E-state index in [0.29, 0.717) is 23.9 Å². The van der Waals surface area contributed by atoms with Crippen molar-refractivity contribution in [1.29, 1.82) is 0 Å². The first kappa shape index (κ1) is 17.6. The summed E-state index contributed by atoms with van der Waals surface area (Å²) in [5.41, 5.74) is 4.44. The Morgan fingerprint density at radius 1 is 1.20 bits per heavy atom. The average Bonchev–Trinajstić information content (AvgIpc) is 3.01. The Bertz CT molecular complexity index is 770. The molecule has 1 aromatic heterocycles. The molecule has 1 amide bonds. The van der Waals surface area contributed by atoms with Crippen LogP contribution < -0.4 is 5.32 Å². The van der Waals surface area contributed by atoms with Crippen LogP contribution in [0.15, 0.2) is 23.6 Å². The molecule has 6 heteroatoms. The van der Waals surface area contributed by atoms with Gasteiger partial charge in [0.2, 0.25) is 5.91 Å². The van der Waals surface area contributed by atoms with Gasteiger partial charge in [0.1, 0.15) is 0 Å². The minimum atomic E-state index is -0.306. The third-order valence-electron chi connectivity index (χ3n) is 4.21. The highest BCUT2D eigenvalue weighted by atomic mass is 32.1. The van der Waals surface area contributed by atoms with Crippen LogP contribution in [0.1, 0.15) is 42.1 Å². The Balaban J connectivity index is 1.56. The van der Waals surface area contributed by atoms with Gasteiger partial charge in [-0.1, -0.05) is 18.2 Å². The van der Waals surface area contributed by atoms with Gasteiger partial charge in [0.15, 0.2) is 5.13 Å². The Morgan fingerprint density at radius 3 is 2.80 bits per heavy atom. The molecule has 0 radical (unpaired) electrons. The molecular formula is C19H22N2O3S. The first-order valence-corrected chi connectivity index (χ1v) is 9.52. The molecule has 5 nitrogen and oxygen atoms in total. The lowest BCUT2D eigenvalue weighted by atomic mass is 9.90. The number of anilines is 1. The number of esters is 1. The summed E-state index contributed by atoms with van der Waals surface area (Å²) in [4.78, 5) is 28.0. The molecule has 1 N–H and O–H groups in total. The SMILES string of the molecule is CCOC(=O)Cc1csc(NC(=O)Cc2ccc3c(c2)CCCC3)n1. The lowest BCUT2D eigenvalue weighted by Gasteiger charge is -2.16. The molecule has 0 bridgehead atoms. The predicted molar refractivity (Wildman–Crippen MR) is 97.9 cm³/mol. The summed E-state index contributed by atoms with van der Waals surface area (Å²) in [7, 11) is 0. The number of rotatable bonds is 6. The molecule has 1 aliphatic carbocycles. The molecule has 0 aliphatic heterocycles. The van der Waals surface area contributed by atoms with Gasteiger partial charge in [0.05, 0.1) is 25.1 Å². The van der Waals surface area contributed by atoms with Gasteiger partial charge in [-0.15, -0.1) is 11.3 Å². The van der Waals surface area contributed by atoms with Crippen molar-refractivity contribution in [2.75, 3.05) is 11.9 Å². The molecule has 0 saturated heterocycles. The first-order valence-electron chi connectivity index (χ1n) is 8.64. The Hall–Kier alpha value is -2.21. The van der Waals surface area contributed by atoms with E-state index in [1.165, 1.54) is 35.3 Å². The van der Waals surface area contributed by atoms with Crippen LogP contribution in [-0.2, 0) is 40.0 Å². The van der Waals surface area contributed by atoms with Crippen molar-refractivity contribution in [3.63, 3.8) is 0 Å². The van der Waals surface area contributed by atoms with E-state index >= 15 is 0 Å². The minimum Gasteiger partial charge on any atom is -0.466 e. The van der Waals surface area contributed by atoms with Gasteiger partial charge in [-0.2, -0.15) is 0 Å². The van der Waals surface area contributed by atoms with Gasteiger partial charge >= 0.3 is 5.97 Å². The summed E-state index contributed by atoms with van der Waals surface area (Å²) in [6, 6.07) is 6.35. The predicted octanol–water partition coefficient (Wildman–Crippen LogP) is 3.31. The summed E-state index contributed by atoms with van der Waals surface area (Å²) >= 11 is 1.32. The molecule has 0 fully saturated rings. The number of carbonyl (C=O) groups is 2. The van der Waals surface area contributed by atoms with Crippen LogP contribution in [0.3, 0.4) is 0 Å². The molecular weight excluding hydrogens is 336 g/mol. The number of fused-ring (bicyclic) bond motifs is 1. The van der Waals surface area contributed by atoms with Gasteiger partial charge in [-0.25, -0.2) is 4.98 Å². The maximum Gasteiger partial charge on any atom is 0.311 e. The topological polar surface area (TPSA) is 68.3 Å². The quantitative estimate of drug-likeness (QED) is 0.805.